The van der Waals surface area contributed by atoms with Gasteiger partial charge in [-0.05, 0) is 39.5 Å². The topological polar surface area (TPSA) is 80.5 Å². The smallest absolute Gasteiger partial charge is 0.240 e. The normalized spacial score (nSPS) is 20.5. The molecule has 1 amide bonds. The minimum atomic E-state index is -3.38. The fraction of sp³-hybridized carbons (Fsp3) is 0.917. The van der Waals surface area contributed by atoms with Crippen molar-refractivity contribution in [2.75, 3.05) is 18.8 Å². The highest BCUT2D eigenvalue weighted by Crippen LogP contribution is 2.14. The number of amides is 1. The number of rotatable bonds is 5. The van der Waals surface area contributed by atoms with Crippen LogP contribution in [0.2, 0.25) is 0 Å². The Bertz CT molecular complexity index is 373. The molecule has 106 valence electrons. The van der Waals surface area contributed by atoms with Crippen molar-refractivity contribution in [2.45, 2.75) is 50.8 Å². The van der Waals surface area contributed by atoms with Crippen LogP contribution in [0, 0.1) is 0 Å². The summed E-state index contributed by atoms with van der Waals surface area (Å²) in [6.07, 6.45) is 3.46. The van der Waals surface area contributed by atoms with Gasteiger partial charge in [0.25, 0.3) is 0 Å². The van der Waals surface area contributed by atoms with Gasteiger partial charge >= 0.3 is 0 Å². The minimum Gasteiger partial charge on any atom is -0.342 e. The summed E-state index contributed by atoms with van der Waals surface area (Å²) in [7, 11) is -3.38. The zero-order valence-electron chi connectivity index (χ0n) is 11.3. The first kappa shape index (κ1) is 15.4. The molecule has 1 aliphatic rings. The van der Waals surface area contributed by atoms with Gasteiger partial charge in [-0.1, -0.05) is 0 Å². The Kier molecular flexibility index (Phi) is 5.59. The molecule has 1 fully saturated rings. The lowest BCUT2D eigenvalue weighted by Crippen LogP contribution is -2.44. The zero-order chi connectivity index (χ0) is 13.8. The summed E-state index contributed by atoms with van der Waals surface area (Å²) in [5.41, 5.74) is 5.56. The second-order valence-electron chi connectivity index (χ2n) is 5.16. The molecule has 6 heteroatoms. The van der Waals surface area contributed by atoms with Crippen LogP contribution < -0.4 is 5.73 Å². The number of nitrogens with zero attached hydrogens (tertiary/aromatic N) is 1. The van der Waals surface area contributed by atoms with E-state index in [1.165, 1.54) is 6.92 Å². The van der Waals surface area contributed by atoms with Gasteiger partial charge < -0.3 is 10.6 Å². The molecule has 0 radical (unpaired) electrons. The van der Waals surface area contributed by atoms with Gasteiger partial charge in [0.2, 0.25) is 5.91 Å². The Hall–Kier alpha value is -0.620. The number of piperidine rings is 1. The maximum absolute atomic E-state index is 12.1. The number of sulfone groups is 1. The standard InChI is InChI=1S/C12H24N2O3S/c1-10(13)6-9-18(16,17)11(2)12(15)14-7-4-3-5-8-14/h10-11H,3-9,13H2,1-2H3. The lowest BCUT2D eigenvalue weighted by molar-refractivity contribution is -0.131. The third-order valence-electron chi connectivity index (χ3n) is 3.41. The number of carbonyl (C=O) groups excluding carboxylic acids is 1. The summed E-state index contributed by atoms with van der Waals surface area (Å²) in [6.45, 7) is 4.64. The summed E-state index contributed by atoms with van der Waals surface area (Å²) < 4.78 is 24.0. The Labute approximate surface area is 110 Å². The van der Waals surface area contributed by atoms with Gasteiger partial charge in [0.05, 0.1) is 5.75 Å². The molecule has 1 aliphatic heterocycles. The largest absolute Gasteiger partial charge is 0.342 e. The Morgan fingerprint density at radius 3 is 2.28 bits per heavy atom. The minimum absolute atomic E-state index is 0.00852. The number of hydrogen-bond donors (Lipinski definition) is 1. The van der Waals surface area contributed by atoms with Crippen LogP contribution in [-0.2, 0) is 14.6 Å². The van der Waals surface area contributed by atoms with Crippen molar-refractivity contribution in [3.05, 3.63) is 0 Å². The Balaban J connectivity index is 2.61. The Morgan fingerprint density at radius 2 is 1.78 bits per heavy atom. The highest BCUT2D eigenvalue weighted by Gasteiger charge is 2.31. The predicted octanol–water partition coefficient (Wildman–Crippen LogP) is 0.540. The molecule has 2 unspecified atom stereocenters. The molecule has 0 aromatic carbocycles. The van der Waals surface area contributed by atoms with Crippen LogP contribution in [0.3, 0.4) is 0 Å². The third kappa shape index (κ3) is 4.24. The van der Waals surface area contributed by atoms with E-state index in [1.54, 1.807) is 11.8 Å². The van der Waals surface area contributed by atoms with E-state index in [1.807, 2.05) is 0 Å². The van der Waals surface area contributed by atoms with Crippen molar-refractivity contribution in [3.63, 3.8) is 0 Å². The number of likely N-dealkylation sites (tertiary alicyclic amines) is 1. The first-order valence-electron chi connectivity index (χ1n) is 6.60. The van der Waals surface area contributed by atoms with Crippen LogP contribution in [0.4, 0.5) is 0 Å². The van der Waals surface area contributed by atoms with Crippen LogP contribution in [-0.4, -0.2) is 49.4 Å². The highest BCUT2D eigenvalue weighted by atomic mass is 32.2. The molecule has 1 rings (SSSR count). The lowest BCUT2D eigenvalue weighted by Gasteiger charge is -2.29. The van der Waals surface area contributed by atoms with E-state index in [0.717, 1.165) is 19.3 Å². The van der Waals surface area contributed by atoms with E-state index in [2.05, 4.69) is 0 Å². The molecule has 0 aromatic heterocycles. The van der Waals surface area contributed by atoms with Crippen LogP contribution in [0.25, 0.3) is 0 Å². The van der Waals surface area contributed by atoms with E-state index in [4.69, 9.17) is 5.73 Å². The lowest BCUT2D eigenvalue weighted by atomic mass is 10.1. The second-order valence-corrected chi connectivity index (χ2v) is 7.60. The maximum atomic E-state index is 12.1. The van der Waals surface area contributed by atoms with Gasteiger partial charge in [0.1, 0.15) is 5.25 Å². The summed E-state index contributed by atoms with van der Waals surface area (Å²) in [5.74, 6) is -0.259. The van der Waals surface area contributed by atoms with Crippen LogP contribution in [0.15, 0.2) is 0 Å². The molecule has 2 atom stereocenters. The van der Waals surface area contributed by atoms with Crippen LogP contribution in [0.5, 0.6) is 0 Å². The fourth-order valence-corrected chi connectivity index (χ4v) is 3.56. The average molecular weight is 276 g/mol. The molecule has 0 saturated carbocycles. The first-order chi connectivity index (χ1) is 8.34. The van der Waals surface area contributed by atoms with E-state index in [9.17, 15) is 13.2 Å². The number of carbonyl (C=O) groups is 1. The van der Waals surface area contributed by atoms with Crippen molar-refractivity contribution in [1.82, 2.24) is 4.90 Å². The van der Waals surface area contributed by atoms with Crippen molar-refractivity contribution >= 4 is 15.7 Å². The molecule has 1 heterocycles. The van der Waals surface area contributed by atoms with Gasteiger partial charge in [-0.15, -0.1) is 0 Å². The molecule has 1 saturated heterocycles. The molecular weight excluding hydrogens is 252 g/mol. The highest BCUT2D eigenvalue weighted by molar-refractivity contribution is 7.92. The van der Waals surface area contributed by atoms with Gasteiger partial charge in [-0.3, -0.25) is 4.79 Å². The van der Waals surface area contributed by atoms with Crippen molar-refractivity contribution in [1.29, 1.82) is 0 Å². The van der Waals surface area contributed by atoms with Gasteiger partial charge in [-0.25, -0.2) is 8.42 Å². The molecule has 0 aromatic rings. The van der Waals surface area contributed by atoms with Crippen molar-refractivity contribution in [3.8, 4) is 0 Å². The van der Waals surface area contributed by atoms with E-state index < -0.39 is 15.1 Å². The van der Waals surface area contributed by atoms with E-state index in [0.29, 0.717) is 19.5 Å². The molecule has 0 spiro atoms. The molecule has 0 aliphatic carbocycles. The summed E-state index contributed by atoms with van der Waals surface area (Å²) in [4.78, 5) is 13.8. The predicted molar refractivity (Wildman–Crippen MR) is 71.9 cm³/mol. The molecule has 2 N–H and O–H groups in total. The molecule has 0 bridgehead atoms. The van der Waals surface area contributed by atoms with Gasteiger partial charge in [0, 0.05) is 19.1 Å². The fourth-order valence-electron chi connectivity index (χ4n) is 2.05. The number of nitrogens with two attached hydrogens (primary N) is 1. The SMILES string of the molecule is CC(N)CCS(=O)(=O)C(C)C(=O)N1CCCCC1. The Morgan fingerprint density at radius 1 is 1.22 bits per heavy atom. The zero-order valence-corrected chi connectivity index (χ0v) is 12.1. The summed E-state index contributed by atoms with van der Waals surface area (Å²) in [6, 6.07) is -0.155. The third-order valence-corrected chi connectivity index (χ3v) is 5.50. The quantitative estimate of drug-likeness (QED) is 0.794. The van der Waals surface area contributed by atoms with Crippen molar-refractivity contribution < 1.29 is 13.2 Å². The van der Waals surface area contributed by atoms with Crippen LogP contribution in [0.1, 0.15) is 39.5 Å². The molecule has 5 nitrogen and oxygen atoms in total. The van der Waals surface area contributed by atoms with Gasteiger partial charge in [0.15, 0.2) is 9.84 Å². The summed E-state index contributed by atoms with van der Waals surface area (Å²) in [5, 5.41) is -0.936. The molecular formula is C12H24N2O3S. The summed E-state index contributed by atoms with van der Waals surface area (Å²) >= 11 is 0. The number of hydrogen-bond acceptors (Lipinski definition) is 4. The van der Waals surface area contributed by atoms with E-state index >= 15 is 0 Å². The maximum Gasteiger partial charge on any atom is 0.240 e. The average Bonchev–Trinajstić information content (AvgIpc) is 2.36. The van der Waals surface area contributed by atoms with Crippen LogP contribution >= 0.6 is 0 Å². The monoisotopic (exact) mass is 276 g/mol. The van der Waals surface area contributed by atoms with E-state index in [-0.39, 0.29) is 17.7 Å². The second kappa shape index (κ2) is 6.52. The van der Waals surface area contributed by atoms with Crippen molar-refractivity contribution in [2.24, 2.45) is 5.73 Å². The van der Waals surface area contributed by atoms with Gasteiger partial charge in [-0.2, -0.15) is 0 Å². The molecule has 18 heavy (non-hydrogen) atoms. The first-order valence-corrected chi connectivity index (χ1v) is 8.32.